The topological polar surface area (TPSA) is 58.6 Å². The number of likely N-dealkylation sites (N-methyl/N-ethyl adjacent to an activating group) is 1. The highest BCUT2D eigenvalue weighted by molar-refractivity contribution is 5.94. The number of rotatable bonds is 1. The number of amides is 1. The van der Waals surface area contributed by atoms with Crippen LogP contribution in [0.25, 0.3) is 0 Å². The van der Waals surface area contributed by atoms with E-state index in [1.807, 2.05) is 37.1 Å². The van der Waals surface area contributed by atoms with Gasteiger partial charge in [-0.15, -0.1) is 12.8 Å². The molecule has 146 valence electrons. The molecule has 1 unspecified atom stereocenters. The summed E-state index contributed by atoms with van der Waals surface area (Å²) in [4.78, 5) is 26.0. The van der Waals surface area contributed by atoms with Crippen molar-refractivity contribution in [1.29, 1.82) is 0 Å². The van der Waals surface area contributed by atoms with Gasteiger partial charge >= 0.3 is 0 Å². The van der Waals surface area contributed by atoms with E-state index in [-0.39, 0.29) is 5.91 Å². The maximum absolute atomic E-state index is 12.6. The number of nitrogens with zero attached hydrogens (tertiary/aromatic N) is 1. The summed E-state index contributed by atoms with van der Waals surface area (Å²) in [7, 11) is 1.89. The fourth-order valence-corrected chi connectivity index (χ4v) is 3.13. The number of nitrogens with one attached hydrogen (secondary N) is 1. The molecule has 1 atom stereocenters. The van der Waals surface area contributed by atoms with Gasteiger partial charge in [0.25, 0.3) is 5.91 Å². The van der Waals surface area contributed by atoms with E-state index in [2.05, 4.69) is 24.2 Å². The van der Waals surface area contributed by atoms with Crippen LogP contribution < -0.4 is 5.32 Å². The van der Waals surface area contributed by atoms with Crippen LogP contribution in [0, 0.1) is 12.8 Å². The quantitative estimate of drug-likeness (QED) is 0.468. The Morgan fingerprint density at radius 2 is 1.85 bits per heavy atom. The Morgan fingerprint density at radius 1 is 1.19 bits per heavy atom. The molecule has 0 bridgehead atoms. The lowest BCUT2D eigenvalue weighted by Crippen LogP contribution is -2.41. The lowest BCUT2D eigenvalue weighted by Gasteiger charge is -2.23. The van der Waals surface area contributed by atoms with Gasteiger partial charge in [0.15, 0.2) is 0 Å². The van der Waals surface area contributed by atoms with E-state index in [1.54, 1.807) is 6.08 Å². The molecule has 0 spiro atoms. The molecule has 0 saturated heterocycles. The van der Waals surface area contributed by atoms with Gasteiger partial charge in [-0.2, -0.15) is 0 Å². The average Bonchev–Trinajstić information content (AvgIpc) is 2.69. The van der Waals surface area contributed by atoms with E-state index >= 15 is 0 Å². The van der Waals surface area contributed by atoms with Crippen molar-refractivity contribution in [3.63, 3.8) is 0 Å². The van der Waals surface area contributed by atoms with Crippen molar-refractivity contribution in [2.24, 2.45) is 0 Å². The van der Waals surface area contributed by atoms with Crippen LogP contribution in [-0.2, 0) is 27.2 Å². The summed E-state index contributed by atoms with van der Waals surface area (Å²) in [5, 5.41) is 2.86. The molecule has 0 fully saturated rings. The maximum Gasteiger partial charge on any atom is 0.267 e. The number of terminal acetylenes is 1. The third kappa shape index (κ3) is 7.28. The van der Waals surface area contributed by atoms with E-state index in [1.165, 1.54) is 5.56 Å². The third-order valence-corrected chi connectivity index (χ3v) is 4.47. The molecule has 1 N–H and O–H groups in total. The number of hydrogen-bond acceptors (Lipinski definition) is 4. The fourth-order valence-electron chi connectivity index (χ4n) is 3.13. The molecule has 27 heavy (non-hydrogen) atoms. The van der Waals surface area contributed by atoms with Crippen LogP contribution in [0.1, 0.15) is 30.9 Å². The minimum Gasteiger partial charge on any atom is -0.381 e. The predicted molar refractivity (Wildman–Crippen MR) is 108 cm³/mol. The van der Waals surface area contributed by atoms with Gasteiger partial charge in [0, 0.05) is 26.8 Å². The zero-order chi connectivity index (χ0) is 20.1. The molecule has 5 nitrogen and oxygen atoms in total. The number of carbonyl (C=O) groups excluding carboxylic acids is 2. The van der Waals surface area contributed by atoms with E-state index in [0.29, 0.717) is 18.7 Å². The molecule has 5 heteroatoms. The van der Waals surface area contributed by atoms with E-state index in [9.17, 15) is 9.59 Å². The summed E-state index contributed by atoms with van der Waals surface area (Å²) in [6.07, 6.45) is 13.8. The van der Waals surface area contributed by atoms with Crippen LogP contribution in [0.5, 0.6) is 0 Å². The first-order valence-electron chi connectivity index (χ1n) is 9.27. The molecule has 1 aromatic carbocycles. The Balaban J connectivity index is 0.00000176. The van der Waals surface area contributed by atoms with Crippen molar-refractivity contribution in [3.8, 4) is 12.8 Å². The summed E-state index contributed by atoms with van der Waals surface area (Å²) in [5.74, 6) is -0.213. The molecule has 0 aliphatic carbocycles. The second kappa shape index (κ2) is 12.7. The number of aryl methyl sites for hydroxylation is 1. The Bertz CT molecular complexity index is 652. The highest BCUT2D eigenvalue weighted by atomic mass is 16.5. The lowest BCUT2D eigenvalue weighted by atomic mass is 9.97. The zero-order valence-electron chi connectivity index (χ0n) is 16.3. The largest absolute Gasteiger partial charge is 0.381 e. The van der Waals surface area contributed by atoms with Crippen LogP contribution in [0.2, 0.25) is 0 Å². The zero-order valence-corrected chi connectivity index (χ0v) is 16.3. The van der Waals surface area contributed by atoms with E-state index in [4.69, 9.17) is 4.74 Å². The summed E-state index contributed by atoms with van der Waals surface area (Å²) < 4.78 is 5.71. The molecule has 0 saturated carbocycles. The van der Waals surface area contributed by atoms with Crippen molar-refractivity contribution in [3.05, 3.63) is 47.2 Å². The second-order valence-corrected chi connectivity index (χ2v) is 6.35. The van der Waals surface area contributed by atoms with Crippen molar-refractivity contribution in [2.45, 2.75) is 38.6 Å². The van der Waals surface area contributed by atoms with Gasteiger partial charge in [-0.05, 0) is 43.7 Å². The molecule has 1 aliphatic rings. The van der Waals surface area contributed by atoms with Gasteiger partial charge in [-0.25, -0.2) is 0 Å². The molecule has 1 aliphatic heterocycles. The number of ether oxygens (including phenoxy) is 1. The Kier molecular flexibility index (Phi) is 10.6. The number of hydrogen-bond donors (Lipinski definition) is 1. The summed E-state index contributed by atoms with van der Waals surface area (Å²) >= 11 is 0. The van der Waals surface area contributed by atoms with Crippen LogP contribution in [0.15, 0.2) is 36.0 Å². The molecule has 1 heterocycles. The molecule has 0 radical (unpaired) electrons. The van der Waals surface area contributed by atoms with Gasteiger partial charge in [-0.1, -0.05) is 30.3 Å². The monoisotopic (exact) mass is 370 g/mol. The van der Waals surface area contributed by atoms with Crippen molar-refractivity contribution >= 4 is 12.2 Å². The van der Waals surface area contributed by atoms with Crippen LogP contribution in [0.4, 0.5) is 0 Å². The summed E-state index contributed by atoms with van der Waals surface area (Å²) in [6.45, 7) is 3.98. The smallest absolute Gasteiger partial charge is 0.267 e. The summed E-state index contributed by atoms with van der Waals surface area (Å²) in [6, 6.07) is 7.56. The highest BCUT2D eigenvalue weighted by Gasteiger charge is 2.19. The molecular formula is C22H30N2O3. The van der Waals surface area contributed by atoms with Gasteiger partial charge < -0.3 is 19.7 Å². The average molecular weight is 370 g/mol. The first-order valence-corrected chi connectivity index (χ1v) is 9.27. The van der Waals surface area contributed by atoms with Crippen molar-refractivity contribution in [1.82, 2.24) is 10.2 Å². The molecule has 1 amide bonds. The van der Waals surface area contributed by atoms with Gasteiger partial charge in [0.05, 0.1) is 11.7 Å². The normalized spacial score (nSPS) is 20.9. The van der Waals surface area contributed by atoms with Crippen LogP contribution >= 0.6 is 0 Å². The Morgan fingerprint density at radius 3 is 2.52 bits per heavy atom. The first kappa shape index (κ1) is 22.5. The molecule has 1 aromatic rings. The molecule has 0 aromatic heterocycles. The van der Waals surface area contributed by atoms with Crippen LogP contribution in [0.3, 0.4) is 0 Å². The minimum absolute atomic E-state index is 0.213. The Labute approximate surface area is 162 Å². The minimum atomic E-state index is -0.529. The van der Waals surface area contributed by atoms with Gasteiger partial charge in [-0.3, -0.25) is 4.79 Å². The van der Waals surface area contributed by atoms with Crippen molar-refractivity contribution < 1.29 is 14.3 Å². The third-order valence-electron chi connectivity index (χ3n) is 4.47. The summed E-state index contributed by atoms with van der Waals surface area (Å²) in [5.41, 5.74) is 2.89. The van der Waals surface area contributed by atoms with E-state index < -0.39 is 6.04 Å². The van der Waals surface area contributed by atoms with E-state index in [0.717, 1.165) is 44.3 Å². The standard InChI is InChI=1S/C20H28N2O3.C2H2/c1-3-19-20(24)21-18(15-23)14-17-9-5-4-8-16(17)10-6-12-25-13-7-11-22(19)2;1-2/h3-5,8-9,15,18H,6-7,10-14H2,1-2H3,(H,21,24);1-2H/b19-3-;. The highest BCUT2D eigenvalue weighted by Crippen LogP contribution is 2.14. The van der Waals surface area contributed by atoms with Crippen molar-refractivity contribution in [2.75, 3.05) is 26.8 Å². The fraction of sp³-hybridized carbons (Fsp3) is 0.455. The van der Waals surface area contributed by atoms with Gasteiger partial charge in [0.1, 0.15) is 6.29 Å². The molecular weight excluding hydrogens is 340 g/mol. The maximum atomic E-state index is 12.6. The molecule has 2 rings (SSSR count). The number of fused-ring (bicyclic) bond motifs is 1. The number of carbonyl (C=O) groups is 2. The number of benzene rings is 1. The lowest BCUT2D eigenvalue weighted by molar-refractivity contribution is -0.122. The predicted octanol–water partition coefficient (Wildman–Crippen LogP) is 2.35. The first-order chi connectivity index (χ1) is 13.2. The van der Waals surface area contributed by atoms with Gasteiger partial charge in [0.2, 0.25) is 0 Å². The van der Waals surface area contributed by atoms with Crippen LogP contribution in [-0.4, -0.2) is 49.9 Å². The second-order valence-electron chi connectivity index (χ2n) is 6.35. The number of allylic oxidation sites excluding steroid dienone is 1. The number of aldehydes is 1. The SMILES string of the molecule is C#C.C/C=C1/C(=O)NC(C=O)Cc2ccccc2CCCOCCCN1C. The Hall–Kier alpha value is -2.58.